The summed E-state index contributed by atoms with van der Waals surface area (Å²) in [6, 6.07) is 12.5. The van der Waals surface area contributed by atoms with Crippen molar-refractivity contribution in [3.8, 4) is 5.75 Å². The molecule has 0 saturated carbocycles. The Hall–Kier alpha value is -3.68. The standard InChI is InChI=1S/C30H31ClN4O3/c31-23-10-8-22(9-11-23)30(34-37)14-17-35(18-15-30)16-4-7-26-25-6-3-1-2-5-21(25)20-38-28-13-12-24(19-27(26)28)33-29(32)36/h1,3,5-13,19H,2,4,14-18,20H2,(H3,32,33,36)/b26-7+. The number of rotatable bonds is 6. The monoisotopic (exact) mass is 530 g/mol. The summed E-state index contributed by atoms with van der Waals surface area (Å²) in [5, 5.41) is 6.91. The Morgan fingerprint density at radius 3 is 2.71 bits per heavy atom. The summed E-state index contributed by atoms with van der Waals surface area (Å²) in [6.07, 6.45) is 13.8. The Labute approximate surface area is 227 Å². The molecule has 0 unspecified atom stereocenters. The second kappa shape index (κ2) is 11.4. The second-order valence-electron chi connectivity index (χ2n) is 9.84. The predicted molar refractivity (Wildman–Crippen MR) is 152 cm³/mol. The Morgan fingerprint density at radius 1 is 1.18 bits per heavy atom. The van der Waals surface area contributed by atoms with E-state index in [1.54, 1.807) is 6.07 Å². The first-order valence-corrected chi connectivity index (χ1v) is 13.3. The largest absolute Gasteiger partial charge is 0.488 e. The molecule has 3 N–H and O–H groups in total. The van der Waals surface area contributed by atoms with Crippen molar-refractivity contribution in [3.05, 3.63) is 105 Å². The van der Waals surface area contributed by atoms with Gasteiger partial charge in [0.1, 0.15) is 17.9 Å². The van der Waals surface area contributed by atoms with E-state index in [9.17, 15) is 9.70 Å². The number of amides is 2. The van der Waals surface area contributed by atoms with Crippen molar-refractivity contribution in [2.24, 2.45) is 10.9 Å². The van der Waals surface area contributed by atoms with E-state index in [2.05, 4.69) is 45.8 Å². The quantitative estimate of drug-likeness (QED) is 0.413. The van der Waals surface area contributed by atoms with E-state index in [0.29, 0.717) is 30.2 Å². The number of primary amides is 1. The van der Waals surface area contributed by atoms with Gasteiger partial charge in [-0.3, -0.25) is 0 Å². The van der Waals surface area contributed by atoms with Gasteiger partial charge in [-0.1, -0.05) is 59.3 Å². The van der Waals surface area contributed by atoms with E-state index in [1.165, 1.54) is 0 Å². The summed E-state index contributed by atoms with van der Waals surface area (Å²) >= 11 is 6.04. The fourth-order valence-corrected chi connectivity index (χ4v) is 5.53. The van der Waals surface area contributed by atoms with Gasteiger partial charge in [-0.25, -0.2) is 4.79 Å². The van der Waals surface area contributed by atoms with Crippen molar-refractivity contribution >= 4 is 28.9 Å². The lowest BCUT2D eigenvalue weighted by Crippen LogP contribution is -2.41. The van der Waals surface area contributed by atoms with Crippen LogP contribution in [0.4, 0.5) is 10.5 Å². The van der Waals surface area contributed by atoms with Crippen LogP contribution < -0.4 is 15.8 Å². The van der Waals surface area contributed by atoms with Crippen LogP contribution in [0.25, 0.3) is 5.57 Å². The predicted octanol–water partition coefficient (Wildman–Crippen LogP) is 6.57. The number of nitrogens with one attached hydrogen (secondary N) is 1. The van der Waals surface area contributed by atoms with Gasteiger partial charge in [-0.05, 0) is 78.3 Å². The molecule has 0 aromatic heterocycles. The molecule has 7 nitrogen and oxygen atoms in total. The first-order valence-electron chi connectivity index (χ1n) is 12.9. The van der Waals surface area contributed by atoms with Gasteiger partial charge in [0, 0.05) is 35.9 Å². The average Bonchev–Trinajstić information content (AvgIpc) is 3.23. The molecule has 0 bridgehead atoms. The van der Waals surface area contributed by atoms with Gasteiger partial charge in [0.05, 0.1) is 0 Å². The molecule has 2 amide bonds. The molecule has 196 valence electrons. The van der Waals surface area contributed by atoms with Crippen molar-refractivity contribution < 1.29 is 9.53 Å². The zero-order valence-corrected chi connectivity index (χ0v) is 21.9. The van der Waals surface area contributed by atoms with Crippen LogP contribution in [0.3, 0.4) is 0 Å². The molecule has 0 spiro atoms. The van der Waals surface area contributed by atoms with Gasteiger partial charge in [-0.15, -0.1) is 4.91 Å². The summed E-state index contributed by atoms with van der Waals surface area (Å²) in [4.78, 5) is 25.8. The van der Waals surface area contributed by atoms with E-state index < -0.39 is 11.6 Å². The van der Waals surface area contributed by atoms with Crippen LogP contribution in [0.5, 0.6) is 5.75 Å². The highest BCUT2D eigenvalue weighted by atomic mass is 35.5. The maximum absolute atomic E-state index is 11.9. The minimum absolute atomic E-state index is 0.484. The van der Waals surface area contributed by atoms with Gasteiger partial charge in [0.15, 0.2) is 0 Å². The van der Waals surface area contributed by atoms with E-state index >= 15 is 0 Å². The van der Waals surface area contributed by atoms with Crippen LogP contribution >= 0.6 is 11.6 Å². The number of nitrogens with zero attached hydrogens (tertiary/aromatic N) is 2. The molecule has 3 aliphatic rings. The van der Waals surface area contributed by atoms with E-state index in [-0.39, 0.29) is 0 Å². The number of nitroso groups, excluding NO2 is 1. The van der Waals surface area contributed by atoms with Crippen molar-refractivity contribution in [1.29, 1.82) is 0 Å². The lowest BCUT2D eigenvalue weighted by atomic mass is 9.82. The van der Waals surface area contributed by atoms with Crippen LogP contribution in [0.1, 0.15) is 36.8 Å². The van der Waals surface area contributed by atoms with Crippen molar-refractivity contribution in [3.63, 3.8) is 0 Å². The van der Waals surface area contributed by atoms with Gasteiger partial charge in [0.2, 0.25) is 0 Å². The first-order chi connectivity index (χ1) is 18.5. The summed E-state index contributed by atoms with van der Waals surface area (Å²) < 4.78 is 6.16. The van der Waals surface area contributed by atoms with Gasteiger partial charge >= 0.3 is 6.03 Å². The molecule has 2 heterocycles. The van der Waals surface area contributed by atoms with Gasteiger partial charge < -0.3 is 20.7 Å². The van der Waals surface area contributed by atoms with Crippen LogP contribution in [-0.4, -0.2) is 37.2 Å². The molecule has 2 aromatic rings. The highest BCUT2D eigenvalue weighted by Crippen LogP contribution is 2.41. The topological polar surface area (TPSA) is 97.0 Å². The molecular formula is C30H31ClN4O3. The highest BCUT2D eigenvalue weighted by Gasteiger charge is 2.37. The number of piperidine rings is 1. The average molecular weight is 531 g/mol. The summed E-state index contributed by atoms with van der Waals surface area (Å²) in [5.41, 5.74) is 10.5. The number of likely N-dealkylation sites (tertiary alicyclic amines) is 1. The Bertz CT molecular complexity index is 1340. The zero-order valence-electron chi connectivity index (χ0n) is 21.2. The van der Waals surface area contributed by atoms with Crippen LogP contribution in [0.2, 0.25) is 5.02 Å². The number of carbonyl (C=O) groups excluding carboxylic acids is 1. The Morgan fingerprint density at radius 2 is 1.97 bits per heavy atom. The molecule has 1 aliphatic carbocycles. The third kappa shape index (κ3) is 5.59. The van der Waals surface area contributed by atoms with Crippen molar-refractivity contribution in [1.82, 2.24) is 4.90 Å². The molecule has 2 aromatic carbocycles. The Kier molecular flexibility index (Phi) is 7.77. The number of anilines is 1. The third-order valence-corrected chi connectivity index (χ3v) is 7.74. The number of benzene rings is 2. The molecule has 0 radical (unpaired) electrons. The lowest BCUT2D eigenvalue weighted by Gasteiger charge is -2.37. The summed E-state index contributed by atoms with van der Waals surface area (Å²) in [5.74, 6) is 0.771. The number of hydrogen-bond donors (Lipinski definition) is 2. The zero-order chi connectivity index (χ0) is 26.5. The summed E-state index contributed by atoms with van der Waals surface area (Å²) in [6.45, 7) is 2.93. The number of allylic oxidation sites excluding steroid dienone is 5. The number of fused-ring (bicyclic) bond motifs is 2. The smallest absolute Gasteiger partial charge is 0.316 e. The lowest BCUT2D eigenvalue weighted by molar-refractivity contribution is 0.164. The number of hydrogen-bond acceptors (Lipinski definition) is 5. The van der Waals surface area contributed by atoms with Crippen molar-refractivity contribution in [2.45, 2.75) is 31.2 Å². The number of carbonyl (C=O) groups is 1. The van der Waals surface area contributed by atoms with E-state index in [0.717, 1.165) is 66.1 Å². The van der Waals surface area contributed by atoms with Crippen LogP contribution in [-0.2, 0) is 5.54 Å². The van der Waals surface area contributed by atoms with E-state index in [4.69, 9.17) is 22.1 Å². The maximum atomic E-state index is 11.9. The molecule has 1 fully saturated rings. The SMILES string of the molecule is NC(=O)Nc1ccc2c(c1)/C(=C/CCN1CCC(N=O)(c3ccc(Cl)cc3)CC1)C1=CC=CCC=C1CO2. The number of nitrogens with two attached hydrogens (primary N) is 1. The highest BCUT2D eigenvalue weighted by molar-refractivity contribution is 6.30. The maximum Gasteiger partial charge on any atom is 0.316 e. The number of halogens is 1. The second-order valence-corrected chi connectivity index (χ2v) is 10.3. The van der Waals surface area contributed by atoms with Crippen molar-refractivity contribution in [2.75, 3.05) is 31.6 Å². The molecule has 8 heteroatoms. The van der Waals surface area contributed by atoms with Gasteiger partial charge in [0.25, 0.3) is 0 Å². The number of urea groups is 1. The van der Waals surface area contributed by atoms with Crippen LogP contribution in [0.15, 0.2) is 89.2 Å². The first kappa shape index (κ1) is 25.9. The number of ether oxygens (including phenoxy) is 1. The molecule has 38 heavy (non-hydrogen) atoms. The molecule has 2 aliphatic heterocycles. The van der Waals surface area contributed by atoms with E-state index in [1.807, 2.05) is 36.4 Å². The summed E-state index contributed by atoms with van der Waals surface area (Å²) in [7, 11) is 0. The van der Waals surface area contributed by atoms with Gasteiger partial charge in [-0.2, -0.15) is 0 Å². The third-order valence-electron chi connectivity index (χ3n) is 7.49. The minimum Gasteiger partial charge on any atom is -0.488 e. The Balaban J connectivity index is 1.35. The molecule has 5 rings (SSSR count). The minimum atomic E-state index is -0.696. The molecule has 0 atom stereocenters. The molecule has 1 saturated heterocycles. The fourth-order valence-electron chi connectivity index (χ4n) is 5.41. The normalized spacial score (nSPS) is 19.7. The fraction of sp³-hybridized carbons (Fsp3) is 0.300. The molecular weight excluding hydrogens is 500 g/mol. The van der Waals surface area contributed by atoms with Crippen LogP contribution in [0, 0.1) is 4.91 Å².